The number of carbonyl (C=O) groups is 1. The van der Waals surface area contributed by atoms with E-state index in [0.29, 0.717) is 30.5 Å². The van der Waals surface area contributed by atoms with Gasteiger partial charge in [-0.3, -0.25) is 4.79 Å². The van der Waals surface area contributed by atoms with Gasteiger partial charge in [0.15, 0.2) is 11.5 Å². The molecule has 1 aromatic rings. The fourth-order valence-electron chi connectivity index (χ4n) is 2.41. The normalized spacial score (nSPS) is 17.8. The van der Waals surface area contributed by atoms with Gasteiger partial charge < -0.3 is 20.1 Å². The molecule has 1 fully saturated rings. The first-order chi connectivity index (χ1) is 9.72. The van der Waals surface area contributed by atoms with E-state index in [1.54, 1.807) is 14.2 Å². The summed E-state index contributed by atoms with van der Waals surface area (Å²) in [5.74, 6) is 1.35. The molecule has 0 bridgehead atoms. The number of benzene rings is 1. The predicted octanol–water partition coefficient (Wildman–Crippen LogP) is 1.11. The third-order valence-electron chi connectivity index (χ3n) is 3.52. The average molecular weight is 278 g/mol. The lowest BCUT2D eigenvalue weighted by molar-refractivity contribution is -0.120. The molecule has 1 aliphatic rings. The van der Waals surface area contributed by atoms with Gasteiger partial charge in [-0.2, -0.15) is 0 Å². The van der Waals surface area contributed by atoms with E-state index in [2.05, 4.69) is 10.6 Å². The first-order valence-electron chi connectivity index (χ1n) is 6.94. The van der Waals surface area contributed by atoms with Crippen molar-refractivity contribution >= 4 is 5.91 Å². The van der Waals surface area contributed by atoms with Gasteiger partial charge in [0, 0.05) is 12.6 Å². The Hall–Kier alpha value is -1.75. The highest BCUT2D eigenvalue weighted by molar-refractivity contribution is 5.78. The topological polar surface area (TPSA) is 59.6 Å². The molecule has 110 valence electrons. The van der Waals surface area contributed by atoms with Crippen LogP contribution < -0.4 is 20.1 Å². The molecule has 5 nitrogen and oxygen atoms in total. The maximum Gasteiger partial charge on any atom is 0.224 e. The molecule has 1 heterocycles. The maximum atomic E-state index is 11.9. The predicted molar refractivity (Wildman–Crippen MR) is 77.3 cm³/mol. The van der Waals surface area contributed by atoms with Crippen molar-refractivity contribution in [1.82, 2.24) is 10.6 Å². The summed E-state index contributed by atoms with van der Waals surface area (Å²) in [7, 11) is 3.19. The molecule has 0 aliphatic carbocycles. The number of nitrogens with one attached hydrogen (secondary N) is 2. The van der Waals surface area contributed by atoms with Crippen LogP contribution in [0.15, 0.2) is 18.2 Å². The highest BCUT2D eigenvalue weighted by Crippen LogP contribution is 2.27. The number of hydrogen-bond acceptors (Lipinski definition) is 4. The van der Waals surface area contributed by atoms with Crippen LogP contribution in [0.5, 0.6) is 11.5 Å². The zero-order valence-corrected chi connectivity index (χ0v) is 12.1. The van der Waals surface area contributed by atoms with Gasteiger partial charge in [-0.25, -0.2) is 0 Å². The third-order valence-corrected chi connectivity index (χ3v) is 3.52. The van der Waals surface area contributed by atoms with Gasteiger partial charge in [0.1, 0.15) is 0 Å². The van der Waals surface area contributed by atoms with Crippen LogP contribution in [0, 0.1) is 0 Å². The summed E-state index contributed by atoms with van der Waals surface area (Å²) in [6.45, 7) is 1.75. The second kappa shape index (κ2) is 7.14. The Bertz CT molecular complexity index is 456. The molecule has 2 N–H and O–H groups in total. The summed E-state index contributed by atoms with van der Waals surface area (Å²) in [6.07, 6.45) is 2.68. The van der Waals surface area contributed by atoms with E-state index in [-0.39, 0.29) is 5.91 Å². The second-order valence-corrected chi connectivity index (χ2v) is 4.96. The van der Waals surface area contributed by atoms with Gasteiger partial charge in [0.05, 0.1) is 20.6 Å². The standard InChI is InChI=1S/C15H22N2O3/c1-19-13-6-5-11(8-14(13)20-2)9-15(18)17-10-12-4-3-7-16-12/h5-6,8,12,16H,3-4,7,9-10H2,1-2H3,(H,17,18). The summed E-state index contributed by atoms with van der Waals surface area (Å²) >= 11 is 0. The molecule has 1 amide bonds. The van der Waals surface area contributed by atoms with Crippen LogP contribution in [0.1, 0.15) is 18.4 Å². The second-order valence-electron chi connectivity index (χ2n) is 4.96. The summed E-state index contributed by atoms with van der Waals surface area (Å²) in [4.78, 5) is 11.9. The van der Waals surface area contributed by atoms with Crippen molar-refractivity contribution < 1.29 is 14.3 Å². The largest absolute Gasteiger partial charge is 0.493 e. The Balaban J connectivity index is 1.86. The SMILES string of the molecule is COc1ccc(CC(=O)NCC2CCCN2)cc1OC. The maximum absolute atomic E-state index is 11.9. The van der Waals surface area contributed by atoms with Crippen molar-refractivity contribution in [1.29, 1.82) is 0 Å². The molecule has 1 atom stereocenters. The van der Waals surface area contributed by atoms with Crippen molar-refractivity contribution in [2.75, 3.05) is 27.3 Å². The zero-order valence-electron chi connectivity index (χ0n) is 12.1. The van der Waals surface area contributed by atoms with Gasteiger partial charge in [-0.15, -0.1) is 0 Å². The minimum atomic E-state index is 0.0333. The Morgan fingerprint density at radius 3 is 2.80 bits per heavy atom. The lowest BCUT2D eigenvalue weighted by Crippen LogP contribution is -2.37. The molecule has 1 aliphatic heterocycles. The Morgan fingerprint density at radius 2 is 2.15 bits per heavy atom. The van der Waals surface area contributed by atoms with Crippen LogP contribution in [0.4, 0.5) is 0 Å². The van der Waals surface area contributed by atoms with E-state index in [1.165, 1.54) is 6.42 Å². The van der Waals surface area contributed by atoms with E-state index >= 15 is 0 Å². The molecule has 2 rings (SSSR count). The molecule has 1 saturated heterocycles. The first kappa shape index (κ1) is 14.7. The first-order valence-corrected chi connectivity index (χ1v) is 6.94. The van der Waals surface area contributed by atoms with E-state index in [0.717, 1.165) is 18.5 Å². The van der Waals surface area contributed by atoms with Gasteiger partial charge in [-0.05, 0) is 37.1 Å². The monoisotopic (exact) mass is 278 g/mol. The molecule has 0 spiro atoms. The van der Waals surface area contributed by atoms with Gasteiger partial charge >= 0.3 is 0 Å². The van der Waals surface area contributed by atoms with E-state index in [9.17, 15) is 4.79 Å². The van der Waals surface area contributed by atoms with E-state index in [1.807, 2.05) is 18.2 Å². The van der Waals surface area contributed by atoms with Crippen molar-refractivity contribution in [3.05, 3.63) is 23.8 Å². The van der Waals surface area contributed by atoms with Crippen LogP contribution in [-0.2, 0) is 11.2 Å². The van der Waals surface area contributed by atoms with Gasteiger partial charge in [0.25, 0.3) is 0 Å². The molecule has 5 heteroatoms. The van der Waals surface area contributed by atoms with Gasteiger partial charge in [0.2, 0.25) is 5.91 Å². The number of rotatable bonds is 6. The van der Waals surface area contributed by atoms with Crippen LogP contribution in [0.3, 0.4) is 0 Å². The lowest BCUT2D eigenvalue weighted by Gasteiger charge is -2.12. The number of ether oxygens (including phenoxy) is 2. The highest BCUT2D eigenvalue weighted by atomic mass is 16.5. The smallest absolute Gasteiger partial charge is 0.224 e. The van der Waals surface area contributed by atoms with Crippen molar-refractivity contribution in [3.63, 3.8) is 0 Å². The van der Waals surface area contributed by atoms with Gasteiger partial charge in [-0.1, -0.05) is 6.07 Å². The zero-order chi connectivity index (χ0) is 14.4. The lowest BCUT2D eigenvalue weighted by atomic mass is 10.1. The Labute approximate surface area is 119 Å². The minimum Gasteiger partial charge on any atom is -0.493 e. The fraction of sp³-hybridized carbons (Fsp3) is 0.533. The quantitative estimate of drug-likeness (QED) is 0.818. The minimum absolute atomic E-state index is 0.0333. The molecular formula is C15H22N2O3. The summed E-state index contributed by atoms with van der Waals surface area (Å²) < 4.78 is 10.4. The molecule has 0 aromatic heterocycles. The summed E-state index contributed by atoms with van der Waals surface area (Å²) in [6, 6.07) is 5.96. The molecular weight excluding hydrogens is 256 g/mol. The number of hydrogen-bond donors (Lipinski definition) is 2. The molecule has 0 saturated carbocycles. The average Bonchev–Trinajstić information content (AvgIpc) is 2.98. The summed E-state index contributed by atoms with van der Waals surface area (Å²) in [5.41, 5.74) is 0.916. The number of methoxy groups -OCH3 is 2. The molecule has 20 heavy (non-hydrogen) atoms. The van der Waals surface area contributed by atoms with E-state index in [4.69, 9.17) is 9.47 Å². The van der Waals surface area contributed by atoms with Crippen LogP contribution in [0.25, 0.3) is 0 Å². The number of amides is 1. The molecule has 1 aromatic carbocycles. The fourth-order valence-corrected chi connectivity index (χ4v) is 2.41. The van der Waals surface area contributed by atoms with Crippen LogP contribution in [0.2, 0.25) is 0 Å². The van der Waals surface area contributed by atoms with Crippen LogP contribution in [-0.4, -0.2) is 39.3 Å². The van der Waals surface area contributed by atoms with Crippen molar-refractivity contribution in [3.8, 4) is 11.5 Å². The summed E-state index contributed by atoms with van der Waals surface area (Å²) in [5, 5.41) is 6.32. The Kier molecular flexibility index (Phi) is 5.24. The highest BCUT2D eigenvalue weighted by Gasteiger charge is 2.15. The van der Waals surface area contributed by atoms with Crippen molar-refractivity contribution in [2.24, 2.45) is 0 Å². The van der Waals surface area contributed by atoms with Crippen molar-refractivity contribution in [2.45, 2.75) is 25.3 Å². The molecule has 0 radical (unpaired) electrons. The van der Waals surface area contributed by atoms with Crippen LogP contribution >= 0.6 is 0 Å². The molecule has 1 unspecified atom stereocenters. The number of carbonyl (C=O) groups excluding carboxylic acids is 1. The third kappa shape index (κ3) is 3.87. The Morgan fingerprint density at radius 1 is 1.35 bits per heavy atom. The van der Waals surface area contributed by atoms with E-state index < -0.39 is 0 Å².